The van der Waals surface area contributed by atoms with Gasteiger partial charge in [-0.3, -0.25) is 9.78 Å². The first-order chi connectivity index (χ1) is 15.6. The molecule has 0 bridgehead atoms. The number of pyridine rings is 1. The van der Waals surface area contributed by atoms with Gasteiger partial charge in [-0.25, -0.2) is 4.39 Å². The quantitative estimate of drug-likeness (QED) is 0.605. The Labute approximate surface area is 188 Å². The lowest BCUT2D eigenvalue weighted by molar-refractivity contribution is 0.0724. The van der Waals surface area contributed by atoms with Gasteiger partial charge in [-0.15, -0.1) is 0 Å². The molecule has 2 aliphatic heterocycles. The number of piperazine rings is 1. The van der Waals surface area contributed by atoms with Crippen LogP contribution in [0.4, 0.5) is 15.8 Å². The van der Waals surface area contributed by atoms with Gasteiger partial charge in [0, 0.05) is 56.5 Å². The van der Waals surface area contributed by atoms with Gasteiger partial charge in [-0.1, -0.05) is 17.7 Å². The number of hydrogen-bond donors (Lipinski definition) is 0. The number of amides is 1. The molecule has 0 saturated carbocycles. The largest absolute Gasteiger partial charge is 0.368 e. The Hall–Kier alpha value is -3.15. The SMILES string of the molecule is Cc1ccc(N2CCN(c3c(C(=O)N4CCCCC4)cnc4ccc(F)cc34)CC2)cc1. The minimum Gasteiger partial charge on any atom is -0.368 e. The van der Waals surface area contributed by atoms with Crippen molar-refractivity contribution in [2.24, 2.45) is 0 Å². The molecule has 0 N–H and O–H groups in total. The van der Waals surface area contributed by atoms with Crippen LogP contribution in [0.15, 0.2) is 48.7 Å². The van der Waals surface area contributed by atoms with E-state index in [9.17, 15) is 9.18 Å². The minimum absolute atomic E-state index is 0.0133. The van der Waals surface area contributed by atoms with Crippen molar-refractivity contribution in [1.29, 1.82) is 0 Å². The van der Waals surface area contributed by atoms with E-state index in [0.29, 0.717) is 5.56 Å². The standard InChI is InChI=1S/C26H29FN4O/c1-19-5-8-21(9-6-19)29-13-15-30(16-14-29)25-22-17-20(27)7-10-24(22)28-18-23(25)26(32)31-11-3-2-4-12-31/h5-10,17-18H,2-4,11-16H2,1H3. The van der Waals surface area contributed by atoms with E-state index < -0.39 is 0 Å². The highest BCUT2D eigenvalue weighted by molar-refractivity contribution is 6.07. The van der Waals surface area contributed by atoms with Crippen molar-refractivity contribution >= 4 is 28.2 Å². The third-order valence-corrected chi connectivity index (χ3v) is 6.67. The maximum Gasteiger partial charge on any atom is 0.257 e. The fraction of sp³-hybridized carbons (Fsp3) is 0.385. The Bertz CT molecular complexity index is 1120. The molecule has 3 heterocycles. The molecule has 5 rings (SSSR count). The van der Waals surface area contributed by atoms with Crippen LogP contribution in [0.5, 0.6) is 0 Å². The smallest absolute Gasteiger partial charge is 0.257 e. The van der Waals surface area contributed by atoms with Crippen LogP contribution in [-0.2, 0) is 0 Å². The number of aryl methyl sites for hydroxylation is 1. The molecule has 5 nitrogen and oxygen atoms in total. The van der Waals surface area contributed by atoms with Gasteiger partial charge < -0.3 is 14.7 Å². The van der Waals surface area contributed by atoms with Crippen molar-refractivity contribution in [1.82, 2.24) is 9.88 Å². The van der Waals surface area contributed by atoms with Gasteiger partial charge in [-0.2, -0.15) is 0 Å². The van der Waals surface area contributed by atoms with E-state index in [1.807, 2.05) is 4.90 Å². The summed E-state index contributed by atoms with van der Waals surface area (Å²) in [4.78, 5) is 24.5. The molecule has 1 aromatic heterocycles. The number of piperidine rings is 1. The normalized spacial score (nSPS) is 17.1. The maximum atomic E-state index is 14.2. The van der Waals surface area contributed by atoms with E-state index in [-0.39, 0.29) is 11.7 Å². The van der Waals surface area contributed by atoms with E-state index in [1.165, 1.54) is 29.8 Å². The second kappa shape index (κ2) is 8.77. The van der Waals surface area contributed by atoms with Crippen LogP contribution >= 0.6 is 0 Å². The third-order valence-electron chi connectivity index (χ3n) is 6.67. The molecule has 6 heteroatoms. The lowest BCUT2D eigenvalue weighted by Gasteiger charge is -2.39. The number of anilines is 2. The summed E-state index contributed by atoms with van der Waals surface area (Å²) >= 11 is 0. The maximum absolute atomic E-state index is 14.2. The van der Waals surface area contributed by atoms with Crippen LogP contribution in [0.25, 0.3) is 10.9 Å². The summed E-state index contributed by atoms with van der Waals surface area (Å²) in [6.45, 7) is 6.88. The van der Waals surface area contributed by atoms with Crippen molar-refractivity contribution in [2.45, 2.75) is 26.2 Å². The van der Waals surface area contributed by atoms with Gasteiger partial charge in [0.2, 0.25) is 0 Å². The molecular formula is C26H29FN4O. The van der Waals surface area contributed by atoms with Crippen LogP contribution < -0.4 is 9.80 Å². The molecule has 1 amide bonds. The molecule has 166 valence electrons. The fourth-order valence-electron chi connectivity index (χ4n) is 4.86. The van der Waals surface area contributed by atoms with Crippen LogP contribution in [-0.4, -0.2) is 55.1 Å². The van der Waals surface area contributed by atoms with Crippen molar-refractivity contribution in [3.63, 3.8) is 0 Å². The van der Waals surface area contributed by atoms with Gasteiger partial charge in [0.25, 0.3) is 5.91 Å². The molecule has 0 spiro atoms. The number of hydrogen-bond acceptors (Lipinski definition) is 4. The van der Waals surface area contributed by atoms with Gasteiger partial charge in [0.15, 0.2) is 0 Å². The molecule has 2 fully saturated rings. The number of fused-ring (bicyclic) bond motifs is 1. The zero-order chi connectivity index (χ0) is 22.1. The molecule has 2 aromatic carbocycles. The summed E-state index contributed by atoms with van der Waals surface area (Å²) in [5.74, 6) is -0.291. The second-order valence-corrected chi connectivity index (χ2v) is 8.84. The lowest BCUT2D eigenvalue weighted by atomic mass is 10.0. The Morgan fingerprint density at radius 1 is 0.875 bits per heavy atom. The van der Waals surface area contributed by atoms with Gasteiger partial charge in [-0.05, 0) is 56.5 Å². The Balaban J connectivity index is 1.48. The average molecular weight is 433 g/mol. The van der Waals surface area contributed by atoms with E-state index in [0.717, 1.165) is 68.7 Å². The topological polar surface area (TPSA) is 39.7 Å². The minimum atomic E-state index is -0.304. The highest BCUT2D eigenvalue weighted by Crippen LogP contribution is 2.33. The van der Waals surface area contributed by atoms with E-state index in [4.69, 9.17) is 0 Å². The van der Waals surface area contributed by atoms with E-state index >= 15 is 0 Å². The molecule has 0 unspecified atom stereocenters. The van der Waals surface area contributed by atoms with Crippen LogP contribution in [0, 0.1) is 12.7 Å². The first-order valence-corrected chi connectivity index (χ1v) is 11.5. The Morgan fingerprint density at radius 2 is 1.56 bits per heavy atom. The van der Waals surface area contributed by atoms with Crippen molar-refractivity contribution < 1.29 is 9.18 Å². The van der Waals surface area contributed by atoms with Gasteiger partial charge in [0.05, 0.1) is 16.8 Å². The summed E-state index contributed by atoms with van der Waals surface area (Å²) in [7, 11) is 0. The number of nitrogens with zero attached hydrogens (tertiary/aromatic N) is 4. The molecule has 3 aromatic rings. The average Bonchev–Trinajstić information content (AvgIpc) is 2.84. The number of carbonyl (C=O) groups excluding carboxylic acids is 1. The number of halogens is 1. The first-order valence-electron chi connectivity index (χ1n) is 11.5. The number of likely N-dealkylation sites (tertiary alicyclic amines) is 1. The third kappa shape index (κ3) is 4.01. The molecule has 2 saturated heterocycles. The van der Waals surface area contributed by atoms with Crippen LogP contribution in [0.3, 0.4) is 0 Å². The number of rotatable bonds is 3. The molecular weight excluding hydrogens is 403 g/mol. The zero-order valence-corrected chi connectivity index (χ0v) is 18.6. The van der Waals surface area contributed by atoms with Crippen LogP contribution in [0.2, 0.25) is 0 Å². The van der Waals surface area contributed by atoms with E-state index in [1.54, 1.807) is 12.3 Å². The molecule has 2 aliphatic rings. The lowest BCUT2D eigenvalue weighted by Crippen LogP contribution is -2.47. The highest BCUT2D eigenvalue weighted by atomic mass is 19.1. The molecule has 0 radical (unpaired) electrons. The van der Waals surface area contributed by atoms with Gasteiger partial charge >= 0.3 is 0 Å². The van der Waals surface area contributed by atoms with Crippen molar-refractivity contribution in [3.8, 4) is 0 Å². The summed E-state index contributed by atoms with van der Waals surface area (Å²) in [5, 5.41) is 0.719. The van der Waals surface area contributed by atoms with Gasteiger partial charge in [0.1, 0.15) is 5.82 Å². The summed E-state index contributed by atoms with van der Waals surface area (Å²) < 4.78 is 14.2. The number of aromatic nitrogens is 1. The molecule has 0 aliphatic carbocycles. The highest BCUT2D eigenvalue weighted by Gasteiger charge is 2.27. The molecule has 0 atom stereocenters. The summed E-state index contributed by atoms with van der Waals surface area (Å²) in [5.41, 5.74) is 4.60. The Kier molecular flexibility index (Phi) is 5.68. The monoisotopic (exact) mass is 432 g/mol. The predicted octanol–water partition coefficient (Wildman–Crippen LogP) is 4.64. The summed E-state index contributed by atoms with van der Waals surface area (Å²) in [6, 6.07) is 13.2. The van der Waals surface area contributed by atoms with Crippen molar-refractivity contribution in [2.75, 3.05) is 49.1 Å². The second-order valence-electron chi connectivity index (χ2n) is 8.84. The zero-order valence-electron chi connectivity index (χ0n) is 18.6. The van der Waals surface area contributed by atoms with Crippen LogP contribution in [0.1, 0.15) is 35.2 Å². The predicted molar refractivity (Wildman–Crippen MR) is 127 cm³/mol. The van der Waals surface area contributed by atoms with E-state index in [2.05, 4.69) is 46.0 Å². The number of benzene rings is 2. The van der Waals surface area contributed by atoms with Crippen molar-refractivity contribution in [3.05, 3.63) is 65.6 Å². The fourth-order valence-corrected chi connectivity index (χ4v) is 4.86. The first kappa shape index (κ1) is 20.7. The summed E-state index contributed by atoms with van der Waals surface area (Å²) in [6.07, 6.45) is 4.93. The number of carbonyl (C=O) groups is 1. The molecule has 32 heavy (non-hydrogen) atoms. The Morgan fingerprint density at radius 3 is 2.28 bits per heavy atom.